The molecular weight excluding hydrogens is 210 g/mol. The molecule has 0 bridgehead atoms. The van der Waals surface area contributed by atoms with E-state index in [0.29, 0.717) is 16.4 Å². The summed E-state index contributed by atoms with van der Waals surface area (Å²) in [5.41, 5.74) is 5.61. The second kappa shape index (κ2) is 5.16. The molecule has 1 aromatic heterocycles. The summed E-state index contributed by atoms with van der Waals surface area (Å²) in [6.45, 7) is 4.27. The number of rotatable bonds is 4. The topological polar surface area (TPSA) is 67.9 Å². The molecule has 1 atom stereocenters. The van der Waals surface area contributed by atoms with Gasteiger partial charge in [-0.05, 0) is 6.42 Å². The van der Waals surface area contributed by atoms with Crippen LogP contribution in [0.4, 0.5) is 11.9 Å². The van der Waals surface area contributed by atoms with Gasteiger partial charge in [-0.25, -0.2) is 0 Å². The summed E-state index contributed by atoms with van der Waals surface area (Å²) in [5.74, 6) is 0.882. The Hall–Kier alpha value is -1.04. The van der Waals surface area contributed by atoms with E-state index in [-0.39, 0.29) is 5.95 Å². The van der Waals surface area contributed by atoms with Crippen molar-refractivity contribution in [3.05, 3.63) is 0 Å². The minimum absolute atomic E-state index is 0.277. The van der Waals surface area contributed by atoms with Crippen LogP contribution in [0.3, 0.4) is 0 Å². The van der Waals surface area contributed by atoms with Crippen LogP contribution in [0.25, 0.3) is 0 Å². The normalized spacial score (nSPS) is 12.5. The van der Waals surface area contributed by atoms with E-state index in [1.165, 1.54) is 0 Å². The van der Waals surface area contributed by atoms with Crippen LogP contribution in [0, 0.1) is 0 Å². The van der Waals surface area contributed by atoms with Crippen molar-refractivity contribution in [2.24, 2.45) is 0 Å². The SMILES string of the molecule is CCC(C)Sc1nc(N)nc(N(C)C)n1. The van der Waals surface area contributed by atoms with E-state index in [1.807, 2.05) is 19.0 Å². The van der Waals surface area contributed by atoms with E-state index in [1.54, 1.807) is 11.8 Å². The van der Waals surface area contributed by atoms with Crippen LogP contribution >= 0.6 is 11.8 Å². The van der Waals surface area contributed by atoms with Crippen molar-refractivity contribution in [1.29, 1.82) is 0 Å². The second-order valence-electron chi connectivity index (χ2n) is 3.51. The summed E-state index contributed by atoms with van der Waals surface area (Å²) in [6, 6.07) is 0. The molecule has 0 amide bonds. The lowest BCUT2D eigenvalue weighted by atomic mass is 10.4. The lowest BCUT2D eigenvalue weighted by molar-refractivity contribution is 0.854. The first-order valence-corrected chi connectivity index (χ1v) is 5.76. The van der Waals surface area contributed by atoms with Gasteiger partial charge in [-0.1, -0.05) is 25.6 Å². The fourth-order valence-corrected chi connectivity index (χ4v) is 1.68. The molecule has 0 radical (unpaired) electrons. The van der Waals surface area contributed by atoms with Crippen LogP contribution < -0.4 is 10.6 Å². The van der Waals surface area contributed by atoms with E-state index in [2.05, 4.69) is 28.8 Å². The molecule has 0 saturated carbocycles. The fourth-order valence-electron chi connectivity index (χ4n) is 0.877. The zero-order valence-electron chi connectivity index (χ0n) is 9.56. The van der Waals surface area contributed by atoms with Gasteiger partial charge in [0.15, 0.2) is 5.16 Å². The maximum absolute atomic E-state index is 5.61. The Bertz CT molecular complexity index is 328. The Kier molecular flexibility index (Phi) is 4.14. The van der Waals surface area contributed by atoms with Crippen LogP contribution in [0.1, 0.15) is 20.3 Å². The molecule has 1 aromatic rings. The fraction of sp³-hybridized carbons (Fsp3) is 0.667. The van der Waals surface area contributed by atoms with Gasteiger partial charge >= 0.3 is 0 Å². The Morgan fingerprint density at radius 1 is 1.33 bits per heavy atom. The van der Waals surface area contributed by atoms with Crippen molar-refractivity contribution in [3.63, 3.8) is 0 Å². The van der Waals surface area contributed by atoms with E-state index < -0.39 is 0 Å². The Morgan fingerprint density at radius 2 is 2.00 bits per heavy atom. The van der Waals surface area contributed by atoms with Crippen molar-refractivity contribution in [1.82, 2.24) is 15.0 Å². The quantitative estimate of drug-likeness (QED) is 0.784. The third kappa shape index (κ3) is 3.54. The molecule has 0 spiro atoms. The molecule has 1 unspecified atom stereocenters. The number of nitrogens with two attached hydrogens (primary N) is 1. The molecule has 0 aliphatic heterocycles. The summed E-state index contributed by atoms with van der Waals surface area (Å²) >= 11 is 1.62. The highest BCUT2D eigenvalue weighted by molar-refractivity contribution is 7.99. The van der Waals surface area contributed by atoms with E-state index in [4.69, 9.17) is 5.73 Å². The standard InChI is InChI=1S/C9H17N5S/c1-5-6(2)15-9-12-7(10)11-8(13-9)14(3)4/h6H,5H2,1-4H3,(H2,10,11,12,13). The van der Waals surface area contributed by atoms with Crippen molar-refractivity contribution >= 4 is 23.7 Å². The molecule has 1 rings (SSSR count). The third-order valence-electron chi connectivity index (χ3n) is 1.90. The van der Waals surface area contributed by atoms with Crippen molar-refractivity contribution < 1.29 is 0 Å². The first-order valence-electron chi connectivity index (χ1n) is 4.88. The summed E-state index contributed by atoms with van der Waals surface area (Å²) in [5, 5.41) is 1.18. The molecule has 0 aliphatic carbocycles. The summed E-state index contributed by atoms with van der Waals surface area (Å²) in [4.78, 5) is 14.3. The number of hydrogen-bond donors (Lipinski definition) is 1. The zero-order valence-corrected chi connectivity index (χ0v) is 10.4. The average Bonchev–Trinajstić information content (AvgIpc) is 2.16. The van der Waals surface area contributed by atoms with Gasteiger partial charge in [-0.15, -0.1) is 0 Å². The molecule has 0 fully saturated rings. The summed E-state index contributed by atoms with van der Waals surface area (Å²) in [6.07, 6.45) is 1.08. The lowest BCUT2D eigenvalue weighted by Crippen LogP contribution is -2.15. The molecule has 1 heterocycles. The van der Waals surface area contributed by atoms with Crippen LogP contribution in [0.2, 0.25) is 0 Å². The number of hydrogen-bond acceptors (Lipinski definition) is 6. The van der Waals surface area contributed by atoms with Gasteiger partial charge in [0, 0.05) is 19.3 Å². The minimum Gasteiger partial charge on any atom is -0.368 e. The zero-order chi connectivity index (χ0) is 11.4. The first kappa shape index (κ1) is 12.0. The number of nitrogen functional groups attached to an aromatic ring is 1. The highest BCUT2D eigenvalue weighted by Crippen LogP contribution is 2.22. The maximum Gasteiger partial charge on any atom is 0.230 e. The number of anilines is 2. The molecule has 6 heteroatoms. The van der Waals surface area contributed by atoms with E-state index in [0.717, 1.165) is 6.42 Å². The van der Waals surface area contributed by atoms with Crippen molar-refractivity contribution in [2.75, 3.05) is 24.7 Å². The highest BCUT2D eigenvalue weighted by atomic mass is 32.2. The van der Waals surface area contributed by atoms with Gasteiger partial charge in [0.1, 0.15) is 0 Å². The predicted molar refractivity (Wildman–Crippen MR) is 64.2 cm³/mol. The molecular formula is C9H17N5S. The maximum atomic E-state index is 5.61. The molecule has 84 valence electrons. The van der Waals surface area contributed by atoms with Gasteiger partial charge in [0.2, 0.25) is 11.9 Å². The summed E-state index contributed by atoms with van der Waals surface area (Å²) < 4.78 is 0. The van der Waals surface area contributed by atoms with Crippen LogP contribution in [0.15, 0.2) is 5.16 Å². The van der Waals surface area contributed by atoms with Gasteiger partial charge < -0.3 is 10.6 Å². The number of thioether (sulfide) groups is 1. The van der Waals surface area contributed by atoms with Crippen molar-refractivity contribution in [2.45, 2.75) is 30.7 Å². The number of aromatic nitrogens is 3. The predicted octanol–water partition coefficient (Wildman–Crippen LogP) is 1.41. The Morgan fingerprint density at radius 3 is 2.53 bits per heavy atom. The monoisotopic (exact) mass is 227 g/mol. The summed E-state index contributed by atoms with van der Waals surface area (Å²) in [7, 11) is 3.76. The smallest absolute Gasteiger partial charge is 0.230 e. The van der Waals surface area contributed by atoms with Gasteiger partial charge in [-0.2, -0.15) is 15.0 Å². The lowest BCUT2D eigenvalue weighted by Gasteiger charge is -2.12. The van der Waals surface area contributed by atoms with Crippen LogP contribution in [0.5, 0.6) is 0 Å². The number of nitrogens with zero attached hydrogens (tertiary/aromatic N) is 4. The molecule has 0 aliphatic rings. The minimum atomic E-state index is 0.277. The molecule has 15 heavy (non-hydrogen) atoms. The van der Waals surface area contributed by atoms with Crippen molar-refractivity contribution in [3.8, 4) is 0 Å². The van der Waals surface area contributed by atoms with Gasteiger partial charge in [0.05, 0.1) is 0 Å². The first-order chi connectivity index (χ1) is 7.02. The molecule has 2 N–H and O–H groups in total. The van der Waals surface area contributed by atoms with Crippen LogP contribution in [-0.2, 0) is 0 Å². The third-order valence-corrected chi connectivity index (χ3v) is 3.03. The Balaban J connectivity index is 2.88. The average molecular weight is 227 g/mol. The molecule has 0 saturated heterocycles. The molecule has 0 aromatic carbocycles. The van der Waals surface area contributed by atoms with Crippen LogP contribution in [-0.4, -0.2) is 34.3 Å². The Labute approximate surface area is 94.5 Å². The largest absolute Gasteiger partial charge is 0.368 e. The van der Waals surface area contributed by atoms with Gasteiger partial charge in [-0.3, -0.25) is 0 Å². The highest BCUT2D eigenvalue weighted by Gasteiger charge is 2.09. The second-order valence-corrected chi connectivity index (χ2v) is 4.91. The van der Waals surface area contributed by atoms with Gasteiger partial charge in [0.25, 0.3) is 0 Å². The molecule has 5 nitrogen and oxygen atoms in total. The van der Waals surface area contributed by atoms with E-state index >= 15 is 0 Å². The van der Waals surface area contributed by atoms with E-state index in [9.17, 15) is 0 Å².